The van der Waals surface area contributed by atoms with E-state index in [0.717, 1.165) is 5.56 Å². The highest BCUT2D eigenvalue weighted by molar-refractivity contribution is 6.02. The Bertz CT molecular complexity index is 1170. The molecular formula is C25H23F2N3O3. The van der Waals surface area contributed by atoms with Crippen LogP contribution in [0.1, 0.15) is 21.5 Å². The summed E-state index contributed by atoms with van der Waals surface area (Å²) in [6.07, 6.45) is 6.69. The fourth-order valence-electron chi connectivity index (χ4n) is 3.35. The molecular weight excluding hydrogens is 428 g/mol. The first-order valence-electron chi connectivity index (χ1n) is 10.2. The van der Waals surface area contributed by atoms with Crippen molar-refractivity contribution in [2.75, 3.05) is 13.3 Å². The van der Waals surface area contributed by atoms with E-state index in [1.165, 1.54) is 23.0 Å². The van der Waals surface area contributed by atoms with E-state index in [1.54, 1.807) is 37.4 Å². The molecule has 0 radical (unpaired) electrons. The van der Waals surface area contributed by atoms with Crippen molar-refractivity contribution in [3.63, 3.8) is 0 Å². The van der Waals surface area contributed by atoms with Crippen molar-refractivity contribution in [3.8, 4) is 23.6 Å². The first-order valence-corrected chi connectivity index (χ1v) is 10.2. The fourth-order valence-corrected chi connectivity index (χ4v) is 3.35. The first-order chi connectivity index (χ1) is 15.9. The van der Waals surface area contributed by atoms with Gasteiger partial charge in [0.2, 0.25) is 0 Å². The van der Waals surface area contributed by atoms with Gasteiger partial charge in [0.05, 0.1) is 18.2 Å². The van der Waals surface area contributed by atoms with Crippen LogP contribution < -0.4 is 5.32 Å². The summed E-state index contributed by atoms with van der Waals surface area (Å²) in [7, 11) is 1.59. The maximum Gasteiger partial charge on any atom is 0.255 e. The number of nitrogens with zero attached hydrogens (tertiary/aromatic N) is 2. The number of benzene rings is 2. The van der Waals surface area contributed by atoms with Crippen LogP contribution in [0.4, 0.5) is 8.78 Å². The molecule has 1 heterocycles. The number of rotatable bonds is 10. The summed E-state index contributed by atoms with van der Waals surface area (Å²) >= 11 is 0. The van der Waals surface area contributed by atoms with Crippen molar-refractivity contribution in [2.45, 2.75) is 19.1 Å². The summed E-state index contributed by atoms with van der Waals surface area (Å²) in [4.78, 5) is 25.2. The van der Waals surface area contributed by atoms with E-state index in [0.29, 0.717) is 5.56 Å². The number of aryl methyl sites for hydroxylation is 1. The van der Waals surface area contributed by atoms with Crippen LogP contribution in [0.15, 0.2) is 54.7 Å². The van der Waals surface area contributed by atoms with Gasteiger partial charge in [0.25, 0.3) is 5.91 Å². The fraction of sp³-hybridized carbons (Fsp3) is 0.240. The van der Waals surface area contributed by atoms with Crippen molar-refractivity contribution >= 4 is 11.7 Å². The van der Waals surface area contributed by atoms with Crippen LogP contribution in [0.3, 0.4) is 0 Å². The number of hydrogen-bond acceptors (Lipinski definition) is 4. The van der Waals surface area contributed by atoms with Crippen molar-refractivity contribution in [1.29, 1.82) is 0 Å². The molecule has 1 atom stereocenters. The zero-order valence-electron chi connectivity index (χ0n) is 18.1. The molecule has 33 heavy (non-hydrogen) atoms. The van der Waals surface area contributed by atoms with E-state index in [-0.39, 0.29) is 36.5 Å². The summed E-state index contributed by atoms with van der Waals surface area (Å²) in [5.41, 5.74) is 1.62. The summed E-state index contributed by atoms with van der Waals surface area (Å²) in [6.45, 7) is -0.964. The van der Waals surface area contributed by atoms with Crippen molar-refractivity contribution in [3.05, 3.63) is 77.2 Å². The molecule has 1 unspecified atom stereocenters. The Morgan fingerprint density at radius 1 is 1.21 bits per heavy atom. The Hall–Kier alpha value is -3.83. The smallest absolute Gasteiger partial charge is 0.255 e. The number of ketones is 1. The molecule has 0 aliphatic carbocycles. The van der Waals surface area contributed by atoms with Gasteiger partial charge in [0.15, 0.2) is 5.78 Å². The molecule has 0 spiro atoms. The van der Waals surface area contributed by atoms with Crippen molar-refractivity contribution in [1.82, 2.24) is 15.1 Å². The first kappa shape index (κ1) is 23.8. The molecule has 1 amide bonds. The SMILES string of the molecule is C#CCOCc1ccc(-c2nn(C)cc2C(=O)NC(Cc2ccccc2)C(=O)CF)c(F)c1. The maximum atomic E-state index is 14.8. The number of alkyl halides is 1. The number of halogens is 2. The lowest BCUT2D eigenvalue weighted by molar-refractivity contribution is -0.121. The van der Waals surface area contributed by atoms with Crippen LogP contribution in [0.5, 0.6) is 0 Å². The summed E-state index contributed by atoms with van der Waals surface area (Å²) in [5.74, 6) is 0.341. The van der Waals surface area contributed by atoms with Crippen LogP contribution in [0.25, 0.3) is 11.3 Å². The van der Waals surface area contributed by atoms with E-state index < -0.39 is 30.2 Å². The zero-order chi connectivity index (χ0) is 23.8. The molecule has 0 aliphatic heterocycles. The molecule has 8 heteroatoms. The van der Waals surface area contributed by atoms with Crippen LogP contribution in [0.2, 0.25) is 0 Å². The Balaban J connectivity index is 1.84. The number of amides is 1. The number of carbonyl (C=O) groups is 2. The predicted molar refractivity (Wildman–Crippen MR) is 119 cm³/mol. The van der Waals surface area contributed by atoms with Gasteiger partial charge in [-0.2, -0.15) is 5.10 Å². The molecule has 1 N–H and O–H groups in total. The normalized spacial score (nSPS) is 11.6. The second kappa shape index (κ2) is 11.2. The Kier molecular flexibility index (Phi) is 8.06. The van der Waals surface area contributed by atoms with Crippen molar-refractivity contribution in [2.24, 2.45) is 7.05 Å². The molecule has 0 fully saturated rings. The van der Waals surface area contributed by atoms with Gasteiger partial charge in [-0.3, -0.25) is 14.3 Å². The predicted octanol–water partition coefficient (Wildman–Crippen LogP) is 3.26. The molecule has 170 valence electrons. The summed E-state index contributed by atoms with van der Waals surface area (Å²) in [6, 6.07) is 12.3. The number of carbonyl (C=O) groups excluding carboxylic acids is 2. The Morgan fingerprint density at radius 3 is 2.64 bits per heavy atom. The third kappa shape index (κ3) is 6.11. The maximum absolute atomic E-state index is 14.8. The number of aromatic nitrogens is 2. The van der Waals surface area contributed by atoms with Crippen LogP contribution in [-0.4, -0.2) is 40.8 Å². The molecule has 0 aliphatic rings. The minimum absolute atomic E-state index is 0.0671. The average molecular weight is 451 g/mol. The van der Waals surface area contributed by atoms with E-state index >= 15 is 0 Å². The molecule has 3 aromatic rings. The number of hydrogen-bond donors (Lipinski definition) is 1. The summed E-state index contributed by atoms with van der Waals surface area (Å²) in [5, 5.41) is 6.80. The highest BCUT2D eigenvalue weighted by Crippen LogP contribution is 2.26. The van der Waals surface area contributed by atoms with Gasteiger partial charge < -0.3 is 10.1 Å². The lowest BCUT2D eigenvalue weighted by Gasteiger charge is -2.16. The van der Waals surface area contributed by atoms with Crippen LogP contribution >= 0.6 is 0 Å². The third-order valence-electron chi connectivity index (χ3n) is 4.92. The van der Waals surface area contributed by atoms with Crippen molar-refractivity contribution < 1.29 is 23.1 Å². The number of terminal acetylenes is 1. The molecule has 3 rings (SSSR count). The van der Waals surface area contributed by atoms with Gasteiger partial charge in [-0.1, -0.05) is 42.3 Å². The highest BCUT2D eigenvalue weighted by Gasteiger charge is 2.25. The largest absolute Gasteiger partial charge is 0.364 e. The van der Waals surface area contributed by atoms with Gasteiger partial charge in [-0.25, -0.2) is 8.78 Å². The minimum atomic E-state index is -1.21. The number of Topliss-reactive ketones (excluding diaryl/α,β-unsaturated/α-hetero) is 1. The quantitative estimate of drug-likeness (QED) is 0.379. The second-order valence-electron chi connectivity index (χ2n) is 7.39. The number of ether oxygens (including phenoxy) is 1. The highest BCUT2D eigenvalue weighted by atomic mass is 19.1. The minimum Gasteiger partial charge on any atom is -0.364 e. The lowest BCUT2D eigenvalue weighted by atomic mass is 10.0. The summed E-state index contributed by atoms with van der Waals surface area (Å²) < 4.78 is 34.6. The Labute approximate surface area is 190 Å². The topological polar surface area (TPSA) is 73.2 Å². The van der Waals surface area contributed by atoms with E-state index in [1.807, 2.05) is 6.07 Å². The molecule has 0 saturated heterocycles. The molecule has 0 saturated carbocycles. The van der Waals surface area contributed by atoms with E-state index in [2.05, 4.69) is 16.3 Å². The monoisotopic (exact) mass is 451 g/mol. The molecule has 2 aromatic carbocycles. The molecule has 1 aromatic heterocycles. The molecule has 0 bridgehead atoms. The number of nitrogens with one attached hydrogen (secondary N) is 1. The lowest BCUT2D eigenvalue weighted by Crippen LogP contribution is -2.43. The van der Waals surface area contributed by atoms with E-state index in [9.17, 15) is 18.4 Å². The van der Waals surface area contributed by atoms with Gasteiger partial charge in [0, 0.05) is 18.8 Å². The standard InChI is InChI=1S/C25H23F2N3O3/c1-3-11-33-16-18-9-10-19(21(27)12-18)24-20(15-30(2)29-24)25(32)28-22(23(31)14-26)13-17-7-5-4-6-8-17/h1,4-10,12,15,22H,11,13-14,16H2,2H3,(H,28,32). The van der Waals surface area contributed by atoms with Crippen LogP contribution in [0, 0.1) is 18.2 Å². The third-order valence-corrected chi connectivity index (χ3v) is 4.92. The van der Waals surface area contributed by atoms with Gasteiger partial charge in [-0.15, -0.1) is 6.42 Å². The van der Waals surface area contributed by atoms with Gasteiger partial charge in [0.1, 0.15) is 24.8 Å². The van der Waals surface area contributed by atoms with Gasteiger partial charge in [-0.05, 0) is 29.7 Å². The second-order valence-corrected chi connectivity index (χ2v) is 7.39. The Morgan fingerprint density at radius 2 is 1.97 bits per heavy atom. The van der Waals surface area contributed by atoms with E-state index in [4.69, 9.17) is 11.2 Å². The van der Waals surface area contributed by atoms with Crippen LogP contribution in [-0.2, 0) is 29.6 Å². The molecule has 6 nitrogen and oxygen atoms in total. The average Bonchev–Trinajstić information content (AvgIpc) is 3.20. The van der Waals surface area contributed by atoms with Gasteiger partial charge >= 0.3 is 0 Å². The zero-order valence-corrected chi connectivity index (χ0v) is 18.1.